The maximum atomic E-state index is 12.9. The lowest BCUT2D eigenvalue weighted by atomic mass is 9.79. The van der Waals surface area contributed by atoms with Gasteiger partial charge in [-0.1, -0.05) is 0 Å². The number of carbonyl (C=O) groups excluding carboxylic acids is 1. The minimum Gasteiger partial charge on any atom is -0.460 e. The van der Waals surface area contributed by atoms with E-state index in [9.17, 15) is 4.79 Å². The van der Waals surface area contributed by atoms with Gasteiger partial charge in [-0.25, -0.2) is 4.98 Å². The summed E-state index contributed by atoms with van der Waals surface area (Å²) in [7, 11) is 0. The number of hydrogen-bond acceptors (Lipinski definition) is 5. The molecular formula is C20H26N4O2. The molecule has 0 aromatic carbocycles. The fourth-order valence-corrected chi connectivity index (χ4v) is 5.02. The van der Waals surface area contributed by atoms with Gasteiger partial charge in [0.05, 0.1) is 11.9 Å². The van der Waals surface area contributed by atoms with Gasteiger partial charge in [0, 0.05) is 30.6 Å². The number of hydrogen-bond donors (Lipinski definition) is 1. The fourth-order valence-electron chi connectivity index (χ4n) is 5.02. The van der Waals surface area contributed by atoms with E-state index in [-0.39, 0.29) is 11.9 Å². The highest BCUT2D eigenvalue weighted by Gasteiger charge is 2.40. The van der Waals surface area contributed by atoms with Crippen molar-refractivity contribution in [2.24, 2.45) is 5.92 Å². The Kier molecular flexibility index (Phi) is 3.89. The molecule has 6 heterocycles. The van der Waals surface area contributed by atoms with Gasteiger partial charge in [0.2, 0.25) is 0 Å². The third-order valence-corrected chi connectivity index (χ3v) is 6.60. The van der Waals surface area contributed by atoms with Crippen LogP contribution in [0.5, 0.6) is 0 Å². The molecule has 6 rings (SSSR count). The first-order chi connectivity index (χ1) is 12.7. The second-order valence-electron chi connectivity index (χ2n) is 7.99. The van der Waals surface area contributed by atoms with Crippen molar-refractivity contribution in [3.8, 4) is 0 Å². The van der Waals surface area contributed by atoms with Crippen molar-refractivity contribution >= 4 is 22.6 Å². The number of piperidine rings is 3. The standard InChI is InChI=1S/C20H26N4O2/c1-13-19(14-4-8-23(13)9-5-14)22-20(25)16-10-15-17(24-6-2-3-7-24)12-26-18(15)11-21-16/h10-14,19H,2-9H2,1H3,(H,22,25)/t13-,19-/m0/s1. The molecule has 6 nitrogen and oxygen atoms in total. The van der Waals surface area contributed by atoms with Gasteiger partial charge in [-0.15, -0.1) is 0 Å². The van der Waals surface area contributed by atoms with Crippen molar-refractivity contribution in [1.29, 1.82) is 0 Å². The highest BCUT2D eigenvalue weighted by molar-refractivity contribution is 5.99. The number of furan rings is 1. The van der Waals surface area contributed by atoms with Gasteiger partial charge >= 0.3 is 0 Å². The highest BCUT2D eigenvalue weighted by Crippen LogP contribution is 2.33. The largest absolute Gasteiger partial charge is 0.460 e. The van der Waals surface area contributed by atoms with Crippen LogP contribution in [0.25, 0.3) is 11.0 Å². The van der Waals surface area contributed by atoms with Crippen molar-refractivity contribution < 1.29 is 9.21 Å². The van der Waals surface area contributed by atoms with Crippen LogP contribution >= 0.6 is 0 Å². The summed E-state index contributed by atoms with van der Waals surface area (Å²) in [6, 6.07) is 2.53. The van der Waals surface area contributed by atoms with Crippen LogP contribution in [0.1, 0.15) is 43.1 Å². The quantitative estimate of drug-likeness (QED) is 0.918. The van der Waals surface area contributed by atoms with E-state index in [0.717, 1.165) is 42.8 Å². The van der Waals surface area contributed by atoms with E-state index in [1.165, 1.54) is 25.7 Å². The molecule has 2 bridgehead atoms. The molecular weight excluding hydrogens is 328 g/mol. The Hall–Kier alpha value is -2.08. The molecule has 0 saturated carbocycles. The van der Waals surface area contributed by atoms with E-state index in [1.54, 1.807) is 12.5 Å². The van der Waals surface area contributed by atoms with Gasteiger partial charge in [-0.2, -0.15) is 0 Å². The Bertz CT molecular complexity index is 816. The first kappa shape index (κ1) is 16.1. The summed E-state index contributed by atoms with van der Waals surface area (Å²) in [6.07, 6.45) is 8.27. The van der Waals surface area contributed by atoms with Gasteiger partial charge in [0.25, 0.3) is 5.91 Å². The normalized spacial score (nSPS) is 30.9. The average Bonchev–Trinajstić information content (AvgIpc) is 3.33. The van der Waals surface area contributed by atoms with Crippen LogP contribution in [0.3, 0.4) is 0 Å². The van der Waals surface area contributed by atoms with Gasteiger partial charge < -0.3 is 14.6 Å². The van der Waals surface area contributed by atoms with Gasteiger partial charge in [0.1, 0.15) is 12.0 Å². The molecule has 4 aliphatic rings. The van der Waals surface area contributed by atoms with Crippen molar-refractivity contribution in [1.82, 2.24) is 15.2 Å². The van der Waals surface area contributed by atoms with Crippen LogP contribution in [-0.4, -0.2) is 54.1 Å². The van der Waals surface area contributed by atoms with Crippen LogP contribution in [0, 0.1) is 5.92 Å². The zero-order chi connectivity index (χ0) is 17.7. The molecule has 0 spiro atoms. The molecule has 6 heteroatoms. The lowest BCUT2D eigenvalue weighted by Crippen LogP contribution is -2.62. The molecule has 4 aliphatic heterocycles. The Morgan fingerprint density at radius 3 is 2.73 bits per heavy atom. The maximum absolute atomic E-state index is 12.9. The van der Waals surface area contributed by atoms with E-state index in [0.29, 0.717) is 17.7 Å². The monoisotopic (exact) mass is 354 g/mol. The summed E-state index contributed by atoms with van der Waals surface area (Å²) in [5.41, 5.74) is 2.33. The number of nitrogens with zero attached hydrogens (tertiary/aromatic N) is 3. The van der Waals surface area contributed by atoms with Crippen molar-refractivity contribution in [2.75, 3.05) is 31.1 Å². The summed E-state index contributed by atoms with van der Waals surface area (Å²) in [6.45, 7) is 6.66. The number of rotatable bonds is 3. The molecule has 4 fully saturated rings. The number of fused-ring (bicyclic) bond motifs is 4. The number of carbonyl (C=O) groups is 1. The van der Waals surface area contributed by atoms with Gasteiger partial charge in [0.15, 0.2) is 5.58 Å². The van der Waals surface area contributed by atoms with Crippen molar-refractivity contribution in [3.63, 3.8) is 0 Å². The lowest BCUT2D eigenvalue weighted by molar-refractivity contribution is 0.0216. The van der Waals surface area contributed by atoms with Crippen LogP contribution in [0.15, 0.2) is 22.9 Å². The molecule has 0 radical (unpaired) electrons. The fraction of sp³-hybridized carbons (Fsp3) is 0.600. The van der Waals surface area contributed by atoms with Crippen LogP contribution in [0.2, 0.25) is 0 Å². The van der Waals surface area contributed by atoms with Crippen LogP contribution in [0.4, 0.5) is 5.69 Å². The number of amides is 1. The van der Waals surface area contributed by atoms with E-state index < -0.39 is 0 Å². The topological polar surface area (TPSA) is 61.6 Å². The summed E-state index contributed by atoms with van der Waals surface area (Å²) >= 11 is 0. The average molecular weight is 354 g/mol. The Balaban J connectivity index is 1.39. The molecule has 1 N–H and O–H groups in total. The van der Waals surface area contributed by atoms with Crippen LogP contribution < -0.4 is 10.2 Å². The Morgan fingerprint density at radius 2 is 2.00 bits per heavy atom. The zero-order valence-corrected chi connectivity index (χ0v) is 15.3. The summed E-state index contributed by atoms with van der Waals surface area (Å²) in [4.78, 5) is 22.1. The molecule has 138 valence electrons. The highest BCUT2D eigenvalue weighted by atomic mass is 16.3. The molecule has 0 unspecified atom stereocenters. The third kappa shape index (κ3) is 2.58. The lowest BCUT2D eigenvalue weighted by Gasteiger charge is -2.49. The number of anilines is 1. The first-order valence-corrected chi connectivity index (χ1v) is 9.88. The maximum Gasteiger partial charge on any atom is 0.270 e. The Morgan fingerprint density at radius 1 is 1.23 bits per heavy atom. The van der Waals surface area contributed by atoms with E-state index in [1.807, 2.05) is 6.07 Å². The molecule has 2 atom stereocenters. The number of nitrogens with one attached hydrogen (secondary N) is 1. The van der Waals surface area contributed by atoms with E-state index >= 15 is 0 Å². The summed E-state index contributed by atoms with van der Waals surface area (Å²) < 4.78 is 5.66. The third-order valence-electron chi connectivity index (χ3n) is 6.60. The molecule has 0 aliphatic carbocycles. The SMILES string of the molecule is C[C@H]1[C@H](NC(=O)c2cc3c(N4CCCC4)coc3cn2)C2CCN1CC2. The minimum absolute atomic E-state index is 0.0638. The molecule has 26 heavy (non-hydrogen) atoms. The summed E-state index contributed by atoms with van der Waals surface area (Å²) in [5, 5.41) is 4.27. The van der Waals surface area contributed by atoms with E-state index in [4.69, 9.17) is 4.42 Å². The van der Waals surface area contributed by atoms with E-state index in [2.05, 4.69) is 27.0 Å². The molecule has 2 aromatic heterocycles. The smallest absolute Gasteiger partial charge is 0.270 e. The second-order valence-corrected chi connectivity index (χ2v) is 7.99. The number of aromatic nitrogens is 1. The number of pyridine rings is 1. The molecule has 1 amide bonds. The Labute approximate surface area is 153 Å². The van der Waals surface area contributed by atoms with Crippen LogP contribution in [-0.2, 0) is 0 Å². The predicted molar refractivity (Wildman–Crippen MR) is 100 cm³/mol. The molecule has 4 saturated heterocycles. The predicted octanol–water partition coefficient (Wildman–Crippen LogP) is 2.64. The van der Waals surface area contributed by atoms with Gasteiger partial charge in [-0.3, -0.25) is 9.69 Å². The first-order valence-electron chi connectivity index (χ1n) is 9.88. The second kappa shape index (κ2) is 6.27. The van der Waals surface area contributed by atoms with Gasteiger partial charge in [-0.05, 0) is 57.7 Å². The molecule has 2 aromatic rings. The minimum atomic E-state index is -0.0638. The zero-order valence-electron chi connectivity index (χ0n) is 15.3. The van der Waals surface area contributed by atoms with Crippen molar-refractivity contribution in [3.05, 3.63) is 24.2 Å². The summed E-state index contributed by atoms with van der Waals surface area (Å²) in [5.74, 6) is 0.530. The van der Waals surface area contributed by atoms with Crippen molar-refractivity contribution in [2.45, 2.75) is 44.7 Å².